The lowest BCUT2D eigenvalue weighted by molar-refractivity contribution is 0.0611. The molecular formula is C14H21N3O2. The highest BCUT2D eigenvalue weighted by atomic mass is 16.5. The maximum absolute atomic E-state index is 12.6. The summed E-state index contributed by atoms with van der Waals surface area (Å²) in [5.41, 5.74) is 0.549. The molecule has 1 aromatic rings. The van der Waals surface area contributed by atoms with E-state index < -0.39 is 0 Å². The van der Waals surface area contributed by atoms with Crippen molar-refractivity contribution in [2.75, 3.05) is 27.2 Å². The zero-order chi connectivity index (χ0) is 13.7. The number of nitrogens with zero attached hydrogens (tertiary/aromatic N) is 2. The summed E-state index contributed by atoms with van der Waals surface area (Å²) in [7, 11) is 3.46. The van der Waals surface area contributed by atoms with Gasteiger partial charge in [-0.15, -0.1) is 0 Å². The van der Waals surface area contributed by atoms with Crippen LogP contribution in [-0.2, 0) is 0 Å². The first-order valence-electron chi connectivity index (χ1n) is 6.72. The fraction of sp³-hybridized carbons (Fsp3) is 0.571. The maximum atomic E-state index is 12.6. The number of methoxy groups -OCH3 is 1. The fourth-order valence-corrected chi connectivity index (χ4v) is 2.59. The van der Waals surface area contributed by atoms with Gasteiger partial charge in [0.25, 0.3) is 5.91 Å². The van der Waals surface area contributed by atoms with Crippen LogP contribution in [0.25, 0.3) is 0 Å². The molecule has 1 atom stereocenters. The van der Waals surface area contributed by atoms with Gasteiger partial charge in [-0.25, -0.2) is 4.98 Å². The standard InChI is InChI=1S/C14H21N3O2/c1-15-10-11-6-3-4-9-17(11)14(18)12-7-5-8-16-13(12)19-2/h5,7-8,11,15H,3-4,6,9-10H2,1-2H3. The van der Waals surface area contributed by atoms with Crippen LogP contribution in [0.5, 0.6) is 5.88 Å². The molecule has 0 bridgehead atoms. The van der Waals surface area contributed by atoms with Crippen LogP contribution in [-0.4, -0.2) is 49.1 Å². The van der Waals surface area contributed by atoms with Crippen molar-refractivity contribution >= 4 is 5.91 Å². The quantitative estimate of drug-likeness (QED) is 0.889. The van der Waals surface area contributed by atoms with Gasteiger partial charge >= 0.3 is 0 Å². The number of likely N-dealkylation sites (N-methyl/N-ethyl adjacent to an activating group) is 1. The molecule has 0 radical (unpaired) electrons. The van der Waals surface area contributed by atoms with Crippen molar-refractivity contribution in [3.8, 4) is 5.88 Å². The minimum absolute atomic E-state index is 0.0184. The van der Waals surface area contributed by atoms with Gasteiger partial charge in [0.2, 0.25) is 5.88 Å². The van der Waals surface area contributed by atoms with Gasteiger partial charge < -0.3 is 15.0 Å². The summed E-state index contributed by atoms with van der Waals surface area (Å²) in [6.45, 7) is 1.64. The van der Waals surface area contributed by atoms with Gasteiger partial charge in [-0.3, -0.25) is 4.79 Å². The molecule has 0 aliphatic carbocycles. The molecule has 0 saturated carbocycles. The minimum atomic E-state index is 0.0184. The van der Waals surface area contributed by atoms with E-state index in [1.54, 1.807) is 25.4 Å². The molecule has 0 aromatic carbocycles. The summed E-state index contributed by atoms with van der Waals surface area (Å²) >= 11 is 0. The molecule has 2 rings (SSSR count). The SMILES string of the molecule is CNCC1CCCCN1C(=O)c1cccnc1OC. The Morgan fingerprint density at radius 2 is 2.42 bits per heavy atom. The number of likely N-dealkylation sites (tertiary alicyclic amines) is 1. The van der Waals surface area contributed by atoms with Crippen LogP contribution in [0.3, 0.4) is 0 Å². The van der Waals surface area contributed by atoms with Gasteiger partial charge in [0.05, 0.1) is 7.11 Å². The second-order valence-electron chi connectivity index (χ2n) is 4.77. The van der Waals surface area contributed by atoms with E-state index in [0.717, 1.165) is 25.9 Å². The third kappa shape index (κ3) is 3.04. The van der Waals surface area contributed by atoms with Crippen molar-refractivity contribution in [1.29, 1.82) is 0 Å². The summed E-state index contributed by atoms with van der Waals surface area (Å²) in [5, 5.41) is 3.16. The summed E-state index contributed by atoms with van der Waals surface area (Å²) in [6.07, 6.45) is 4.93. The largest absolute Gasteiger partial charge is 0.480 e. The number of carbonyl (C=O) groups is 1. The summed E-state index contributed by atoms with van der Waals surface area (Å²) in [4.78, 5) is 18.7. The van der Waals surface area contributed by atoms with Crippen LogP contribution in [0.1, 0.15) is 29.6 Å². The Hall–Kier alpha value is -1.62. The van der Waals surface area contributed by atoms with Crippen molar-refractivity contribution in [1.82, 2.24) is 15.2 Å². The zero-order valence-electron chi connectivity index (χ0n) is 11.6. The number of hydrogen-bond acceptors (Lipinski definition) is 4. The molecule has 1 aliphatic rings. The van der Waals surface area contributed by atoms with Gasteiger partial charge in [0, 0.05) is 25.3 Å². The van der Waals surface area contributed by atoms with Crippen molar-refractivity contribution in [2.45, 2.75) is 25.3 Å². The predicted molar refractivity (Wildman–Crippen MR) is 73.4 cm³/mol. The molecule has 1 fully saturated rings. The van der Waals surface area contributed by atoms with Crippen molar-refractivity contribution in [2.24, 2.45) is 0 Å². The average Bonchev–Trinajstić information content (AvgIpc) is 2.47. The number of amides is 1. The van der Waals surface area contributed by atoms with Crippen LogP contribution < -0.4 is 10.1 Å². The molecule has 1 aliphatic heterocycles. The lowest BCUT2D eigenvalue weighted by Crippen LogP contribution is -2.48. The number of rotatable bonds is 4. The van der Waals surface area contributed by atoms with Crippen LogP contribution in [0, 0.1) is 0 Å². The Morgan fingerprint density at radius 3 is 3.16 bits per heavy atom. The predicted octanol–water partition coefficient (Wildman–Crippen LogP) is 1.30. The number of ether oxygens (including phenoxy) is 1. The van der Waals surface area contributed by atoms with E-state index in [1.165, 1.54) is 6.42 Å². The van der Waals surface area contributed by atoms with E-state index in [9.17, 15) is 4.79 Å². The summed E-state index contributed by atoms with van der Waals surface area (Å²) in [6, 6.07) is 3.81. The third-order valence-corrected chi connectivity index (χ3v) is 3.52. The number of pyridine rings is 1. The van der Waals surface area contributed by atoms with Crippen molar-refractivity contribution in [3.05, 3.63) is 23.9 Å². The van der Waals surface area contributed by atoms with Gasteiger partial charge in [0.15, 0.2) is 0 Å². The van der Waals surface area contributed by atoms with Gasteiger partial charge in [-0.1, -0.05) is 0 Å². The Bertz CT molecular complexity index is 434. The van der Waals surface area contributed by atoms with E-state index in [2.05, 4.69) is 10.3 Å². The molecule has 2 heterocycles. The average molecular weight is 263 g/mol. The topological polar surface area (TPSA) is 54.5 Å². The Labute approximate surface area is 114 Å². The highest BCUT2D eigenvalue weighted by Crippen LogP contribution is 2.22. The molecule has 1 saturated heterocycles. The molecule has 0 spiro atoms. The summed E-state index contributed by atoms with van der Waals surface area (Å²) < 4.78 is 5.18. The van der Waals surface area contributed by atoms with Crippen LogP contribution >= 0.6 is 0 Å². The molecule has 1 amide bonds. The lowest BCUT2D eigenvalue weighted by Gasteiger charge is -2.35. The molecule has 5 heteroatoms. The van der Waals surface area contributed by atoms with E-state index in [4.69, 9.17) is 4.74 Å². The Morgan fingerprint density at radius 1 is 1.58 bits per heavy atom. The first kappa shape index (κ1) is 13.8. The van der Waals surface area contributed by atoms with Gasteiger partial charge in [-0.05, 0) is 38.4 Å². The lowest BCUT2D eigenvalue weighted by atomic mass is 10.0. The monoisotopic (exact) mass is 263 g/mol. The maximum Gasteiger partial charge on any atom is 0.259 e. The summed E-state index contributed by atoms with van der Waals surface area (Å²) in [5.74, 6) is 0.422. The molecule has 1 N–H and O–H groups in total. The molecule has 1 aromatic heterocycles. The number of carbonyl (C=O) groups excluding carboxylic acids is 1. The van der Waals surface area contributed by atoms with Gasteiger partial charge in [-0.2, -0.15) is 0 Å². The number of nitrogens with one attached hydrogen (secondary N) is 1. The van der Waals surface area contributed by atoms with E-state index in [-0.39, 0.29) is 11.9 Å². The molecule has 104 valence electrons. The van der Waals surface area contributed by atoms with Crippen molar-refractivity contribution < 1.29 is 9.53 Å². The van der Waals surface area contributed by atoms with Crippen LogP contribution in [0.15, 0.2) is 18.3 Å². The Kier molecular flexibility index (Phi) is 4.74. The molecule has 1 unspecified atom stereocenters. The number of hydrogen-bond donors (Lipinski definition) is 1. The van der Waals surface area contributed by atoms with Crippen LogP contribution in [0.4, 0.5) is 0 Å². The Balaban J connectivity index is 2.21. The highest BCUT2D eigenvalue weighted by Gasteiger charge is 2.28. The second-order valence-corrected chi connectivity index (χ2v) is 4.77. The zero-order valence-corrected chi connectivity index (χ0v) is 11.6. The minimum Gasteiger partial charge on any atom is -0.480 e. The van der Waals surface area contributed by atoms with Gasteiger partial charge in [0.1, 0.15) is 5.56 Å². The second kappa shape index (κ2) is 6.52. The third-order valence-electron chi connectivity index (χ3n) is 3.52. The molecule has 19 heavy (non-hydrogen) atoms. The normalized spacial score (nSPS) is 19.3. The fourth-order valence-electron chi connectivity index (χ4n) is 2.59. The highest BCUT2D eigenvalue weighted by molar-refractivity contribution is 5.96. The van der Waals surface area contributed by atoms with Crippen molar-refractivity contribution in [3.63, 3.8) is 0 Å². The van der Waals surface area contributed by atoms with E-state index >= 15 is 0 Å². The number of aromatic nitrogens is 1. The molecule has 5 nitrogen and oxygen atoms in total. The smallest absolute Gasteiger partial charge is 0.259 e. The van der Waals surface area contributed by atoms with Crippen LogP contribution in [0.2, 0.25) is 0 Å². The first-order chi connectivity index (χ1) is 9.27. The van der Waals surface area contributed by atoms with E-state index in [0.29, 0.717) is 11.4 Å². The molecular weight excluding hydrogens is 242 g/mol. The first-order valence-corrected chi connectivity index (χ1v) is 6.72. The number of piperidine rings is 1. The van der Waals surface area contributed by atoms with E-state index in [1.807, 2.05) is 11.9 Å².